The number of nitrogens with one attached hydrogen (secondary N) is 1. The van der Waals surface area contributed by atoms with Crippen LogP contribution in [0, 0.1) is 11.8 Å². The van der Waals surface area contributed by atoms with E-state index in [1.807, 2.05) is 30.3 Å². The quantitative estimate of drug-likeness (QED) is 0.511. The summed E-state index contributed by atoms with van der Waals surface area (Å²) in [6, 6.07) is 14.1. The molecule has 0 aliphatic rings. The van der Waals surface area contributed by atoms with Gasteiger partial charge in [0.15, 0.2) is 0 Å². The fraction of sp³-hybridized carbons (Fsp3) is 0. The fourth-order valence-corrected chi connectivity index (χ4v) is 1.99. The summed E-state index contributed by atoms with van der Waals surface area (Å²) < 4.78 is 0. The van der Waals surface area contributed by atoms with Gasteiger partial charge in [-0.05, 0) is 36.3 Å². The number of carbonyl (C=O) groups is 1. The van der Waals surface area contributed by atoms with E-state index in [9.17, 15) is 4.79 Å². The Labute approximate surface area is 132 Å². The third kappa shape index (κ3) is 4.64. The first kappa shape index (κ1) is 15.1. The second-order valence-corrected chi connectivity index (χ2v) is 4.80. The minimum absolute atomic E-state index is 0.269. The van der Waals surface area contributed by atoms with Crippen molar-refractivity contribution < 1.29 is 4.79 Å². The molecule has 1 amide bonds. The second kappa shape index (κ2) is 7.49. The molecule has 0 radical (unpaired) electrons. The van der Waals surface area contributed by atoms with Crippen molar-refractivity contribution >= 4 is 35.3 Å². The maximum atomic E-state index is 11.8. The monoisotopic (exact) mass is 316 g/mol. The molecule has 5 heteroatoms. The van der Waals surface area contributed by atoms with E-state index in [-0.39, 0.29) is 5.02 Å². The molecule has 2 rings (SSSR count). The van der Waals surface area contributed by atoms with Crippen LogP contribution in [0.4, 0.5) is 0 Å². The molecular formula is C16H10Cl2N2O. The lowest BCUT2D eigenvalue weighted by atomic mass is 10.2. The van der Waals surface area contributed by atoms with Gasteiger partial charge < -0.3 is 0 Å². The molecule has 0 spiro atoms. The molecule has 3 nitrogen and oxygen atoms in total. The van der Waals surface area contributed by atoms with Gasteiger partial charge >= 0.3 is 0 Å². The Kier molecular flexibility index (Phi) is 5.39. The summed E-state index contributed by atoms with van der Waals surface area (Å²) in [4.78, 5) is 11.8. The van der Waals surface area contributed by atoms with Crippen LogP contribution >= 0.6 is 23.2 Å². The molecule has 0 saturated heterocycles. The predicted octanol–water partition coefficient (Wildman–Crippen LogP) is 3.76. The SMILES string of the molecule is O=C(NN=CC#Cc1ccccc1)c1ccc(Cl)cc1Cl. The Morgan fingerprint density at radius 2 is 1.90 bits per heavy atom. The fourth-order valence-electron chi connectivity index (χ4n) is 1.49. The van der Waals surface area contributed by atoms with E-state index >= 15 is 0 Å². The maximum Gasteiger partial charge on any atom is 0.272 e. The Morgan fingerprint density at radius 3 is 2.62 bits per heavy atom. The number of hydrogen-bond donors (Lipinski definition) is 1. The van der Waals surface area contributed by atoms with Gasteiger partial charge in [-0.2, -0.15) is 5.10 Å². The molecule has 104 valence electrons. The molecule has 0 fully saturated rings. The number of rotatable bonds is 2. The topological polar surface area (TPSA) is 41.5 Å². The van der Waals surface area contributed by atoms with Crippen LogP contribution in [0.15, 0.2) is 53.6 Å². The number of benzene rings is 2. The highest BCUT2D eigenvalue weighted by Crippen LogP contribution is 2.20. The molecular weight excluding hydrogens is 307 g/mol. The van der Waals surface area contributed by atoms with E-state index in [0.29, 0.717) is 10.6 Å². The Hall–Kier alpha value is -2.28. The van der Waals surface area contributed by atoms with E-state index in [2.05, 4.69) is 22.4 Å². The molecule has 2 aromatic carbocycles. The van der Waals surface area contributed by atoms with Gasteiger partial charge in [0.25, 0.3) is 5.91 Å². The zero-order chi connectivity index (χ0) is 15.1. The lowest BCUT2D eigenvalue weighted by Crippen LogP contribution is -2.17. The zero-order valence-corrected chi connectivity index (χ0v) is 12.3. The van der Waals surface area contributed by atoms with Crippen molar-refractivity contribution in [1.29, 1.82) is 0 Å². The van der Waals surface area contributed by atoms with Crippen molar-refractivity contribution in [3.05, 3.63) is 69.7 Å². The Morgan fingerprint density at radius 1 is 1.14 bits per heavy atom. The highest BCUT2D eigenvalue weighted by molar-refractivity contribution is 6.36. The summed E-state index contributed by atoms with van der Waals surface area (Å²) in [6.07, 6.45) is 1.31. The van der Waals surface area contributed by atoms with Crippen molar-refractivity contribution in [3.63, 3.8) is 0 Å². The molecule has 0 heterocycles. The molecule has 1 N–H and O–H groups in total. The van der Waals surface area contributed by atoms with Crippen LogP contribution in [0.25, 0.3) is 0 Å². The molecule has 0 aliphatic heterocycles. The smallest absolute Gasteiger partial charge is 0.267 e. The minimum Gasteiger partial charge on any atom is -0.267 e. The van der Waals surface area contributed by atoms with Gasteiger partial charge in [-0.1, -0.05) is 47.3 Å². The van der Waals surface area contributed by atoms with E-state index in [1.54, 1.807) is 6.07 Å². The Bertz CT molecular complexity index is 731. The molecule has 0 atom stereocenters. The van der Waals surface area contributed by atoms with Crippen molar-refractivity contribution in [3.8, 4) is 11.8 Å². The first-order valence-electron chi connectivity index (χ1n) is 6.00. The van der Waals surface area contributed by atoms with Gasteiger partial charge in [0, 0.05) is 10.6 Å². The van der Waals surface area contributed by atoms with Crippen LogP contribution in [0.5, 0.6) is 0 Å². The number of amides is 1. The molecule has 0 saturated carbocycles. The normalized spacial score (nSPS) is 10.0. The van der Waals surface area contributed by atoms with Gasteiger partial charge in [-0.15, -0.1) is 0 Å². The molecule has 2 aromatic rings. The van der Waals surface area contributed by atoms with Gasteiger partial charge in [-0.3, -0.25) is 4.79 Å². The van der Waals surface area contributed by atoms with Crippen LogP contribution in [0.1, 0.15) is 15.9 Å². The van der Waals surface area contributed by atoms with Gasteiger partial charge in [0.1, 0.15) is 0 Å². The standard InChI is InChI=1S/C16H10Cl2N2O/c17-13-8-9-14(15(18)11-13)16(21)20-19-10-4-7-12-5-2-1-3-6-12/h1-3,5-6,8-11H,(H,20,21). The third-order valence-electron chi connectivity index (χ3n) is 2.46. The molecule has 21 heavy (non-hydrogen) atoms. The van der Waals surface area contributed by atoms with Crippen LogP contribution in [0.3, 0.4) is 0 Å². The largest absolute Gasteiger partial charge is 0.272 e. The lowest BCUT2D eigenvalue weighted by Gasteiger charge is -2.02. The van der Waals surface area contributed by atoms with Crippen LogP contribution in [-0.2, 0) is 0 Å². The third-order valence-corrected chi connectivity index (χ3v) is 3.01. The molecule has 0 bridgehead atoms. The first-order chi connectivity index (χ1) is 10.2. The van der Waals surface area contributed by atoms with Crippen molar-refractivity contribution in [2.75, 3.05) is 0 Å². The van der Waals surface area contributed by atoms with Crippen molar-refractivity contribution in [2.45, 2.75) is 0 Å². The minimum atomic E-state index is -0.422. The van der Waals surface area contributed by atoms with E-state index in [4.69, 9.17) is 23.2 Å². The van der Waals surface area contributed by atoms with Crippen LogP contribution in [0.2, 0.25) is 10.0 Å². The van der Waals surface area contributed by atoms with Crippen LogP contribution < -0.4 is 5.43 Å². The summed E-state index contributed by atoms with van der Waals surface area (Å²) in [5.74, 6) is 5.18. The maximum absolute atomic E-state index is 11.8. The summed E-state index contributed by atoms with van der Waals surface area (Å²) in [5, 5.41) is 4.47. The van der Waals surface area contributed by atoms with Gasteiger partial charge in [0.05, 0.1) is 16.8 Å². The van der Waals surface area contributed by atoms with E-state index in [0.717, 1.165) is 5.56 Å². The molecule has 0 aromatic heterocycles. The second-order valence-electron chi connectivity index (χ2n) is 3.96. The number of hydrogen-bond acceptors (Lipinski definition) is 2. The van der Waals surface area contributed by atoms with Gasteiger partial charge in [-0.25, -0.2) is 5.43 Å². The summed E-state index contributed by atoms with van der Waals surface area (Å²) in [5.41, 5.74) is 3.52. The Balaban J connectivity index is 1.95. The van der Waals surface area contributed by atoms with E-state index in [1.165, 1.54) is 18.3 Å². The molecule has 0 aliphatic carbocycles. The van der Waals surface area contributed by atoms with Crippen molar-refractivity contribution in [2.24, 2.45) is 5.10 Å². The number of halogens is 2. The molecule has 0 unspecified atom stereocenters. The summed E-state index contributed by atoms with van der Waals surface area (Å²) in [6.45, 7) is 0. The van der Waals surface area contributed by atoms with Crippen molar-refractivity contribution in [1.82, 2.24) is 5.43 Å². The number of nitrogens with zero attached hydrogens (tertiary/aromatic N) is 1. The van der Waals surface area contributed by atoms with Gasteiger partial charge in [0.2, 0.25) is 0 Å². The number of hydrazone groups is 1. The number of carbonyl (C=O) groups excluding carboxylic acids is 1. The summed E-state index contributed by atoms with van der Waals surface area (Å²) in [7, 11) is 0. The van der Waals surface area contributed by atoms with E-state index < -0.39 is 5.91 Å². The summed E-state index contributed by atoms with van der Waals surface area (Å²) >= 11 is 11.7. The average Bonchev–Trinajstić information content (AvgIpc) is 2.47. The average molecular weight is 317 g/mol. The van der Waals surface area contributed by atoms with Crippen LogP contribution in [-0.4, -0.2) is 12.1 Å². The lowest BCUT2D eigenvalue weighted by molar-refractivity contribution is 0.0955. The first-order valence-corrected chi connectivity index (χ1v) is 6.76. The predicted molar refractivity (Wildman–Crippen MR) is 85.7 cm³/mol. The highest BCUT2D eigenvalue weighted by atomic mass is 35.5. The highest BCUT2D eigenvalue weighted by Gasteiger charge is 2.09. The zero-order valence-electron chi connectivity index (χ0n) is 10.8.